The molecule has 0 saturated carbocycles. The molecule has 0 unspecified atom stereocenters. The van der Waals surface area contributed by atoms with Crippen molar-refractivity contribution in [3.63, 3.8) is 0 Å². The van der Waals surface area contributed by atoms with E-state index in [0.717, 1.165) is 16.6 Å². The summed E-state index contributed by atoms with van der Waals surface area (Å²) in [6.45, 7) is 0. The molecule has 6 heteroatoms. The lowest BCUT2D eigenvalue weighted by Crippen LogP contribution is -2.01. The fourth-order valence-corrected chi connectivity index (χ4v) is 2.10. The van der Waals surface area contributed by atoms with Crippen LogP contribution in [-0.4, -0.2) is 34.3 Å². The van der Waals surface area contributed by atoms with E-state index in [1.165, 1.54) is 0 Å². The van der Waals surface area contributed by atoms with Crippen LogP contribution in [0.3, 0.4) is 0 Å². The monoisotopic (exact) mass is 267 g/mol. The first-order chi connectivity index (χ1) is 9.85. The van der Waals surface area contributed by atoms with E-state index in [2.05, 4.69) is 25.5 Å². The number of aromatic nitrogens is 4. The van der Waals surface area contributed by atoms with E-state index in [1.54, 1.807) is 19.5 Å². The molecule has 0 amide bonds. The van der Waals surface area contributed by atoms with E-state index < -0.39 is 0 Å². The summed E-state index contributed by atoms with van der Waals surface area (Å²) in [4.78, 5) is 8.47. The fraction of sp³-hybridized carbons (Fsp3) is 0.143. The van der Waals surface area contributed by atoms with Gasteiger partial charge in [0.1, 0.15) is 5.69 Å². The van der Waals surface area contributed by atoms with E-state index in [-0.39, 0.29) is 0 Å². The molecule has 1 aromatic carbocycles. The van der Waals surface area contributed by atoms with Gasteiger partial charge in [-0.3, -0.25) is 0 Å². The van der Waals surface area contributed by atoms with Crippen molar-refractivity contribution in [2.75, 3.05) is 19.5 Å². The molecule has 0 spiro atoms. The fourth-order valence-electron chi connectivity index (χ4n) is 2.10. The molecule has 2 heterocycles. The highest BCUT2D eigenvalue weighted by Crippen LogP contribution is 2.31. The molecule has 6 nitrogen and oxygen atoms in total. The van der Waals surface area contributed by atoms with Crippen LogP contribution in [0.2, 0.25) is 0 Å². The number of methoxy groups -OCH3 is 1. The van der Waals surface area contributed by atoms with E-state index in [9.17, 15) is 0 Å². The SMILES string of the molecule is CNc1nnc(-c2nccnc2OC)c2ccccc12. The third-order valence-electron chi connectivity index (χ3n) is 3.01. The Bertz CT molecular complexity index is 759. The Balaban J connectivity index is 2.32. The van der Waals surface area contributed by atoms with Crippen molar-refractivity contribution in [1.82, 2.24) is 20.2 Å². The first-order valence-electron chi connectivity index (χ1n) is 6.13. The van der Waals surface area contributed by atoms with Crippen LogP contribution >= 0.6 is 0 Å². The van der Waals surface area contributed by atoms with Gasteiger partial charge in [0.2, 0.25) is 5.88 Å². The summed E-state index contributed by atoms with van der Waals surface area (Å²) in [5.74, 6) is 1.16. The van der Waals surface area contributed by atoms with Crippen molar-refractivity contribution < 1.29 is 4.74 Å². The zero-order valence-electron chi connectivity index (χ0n) is 11.2. The number of ether oxygens (including phenoxy) is 1. The molecule has 0 bridgehead atoms. The number of hydrogen-bond acceptors (Lipinski definition) is 6. The highest BCUT2D eigenvalue weighted by molar-refractivity contribution is 5.99. The molecule has 0 aliphatic carbocycles. The molecule has 0 radical (unpaired) electrons. The van der Waals surface area contributed by atoms with Gasteiger partial charge < -0.3 is 10.1 Å². The summed E-state index contributed by atoms with van der Waals surface area (Å²) in [7, 11) is 3.38. The summed E-state index contributed by atoms with van der Waals surface area (Å²) in [5, 5.41) is 13.4. The molecule has 0 saturated heterocycles. The van der Waals surface area contributed by atoms with Gasteiger partial charge in [-0.15, -0.1) is 10.2 Å². The van der Waals surface area contributed by atoms with E-state index in [0.29, 0.717) is 17.3 Å². The molecule has 20 heavy (non-hydrogen) atoms. The molecule has 0 fully saturated rings. The van der Waals surface area contributed by atoms with Gasteiger partial charge in [-0.2, -0.15) is 0 Å². The smallest absolute Gasteiger partial charge is 0.242 e. The molecule has 3 rings (SSSR count). The Morgan fingerprint density at radius 1 is 0.950 bits per heavy atom. The van der Waals surface area contributed by atoms with Crippen molar-refractivity contribution in [3.8, 4) is 17.3 Å². The average Bonchev–Trinajstić information content (AvgIpc) is 2.53. The maximum atomic E-state index is 5.25. The summed E-state index contributed by atoms with van der Waals surface area (Å²) in [6, 6.07) is 7.88. The lowest BCUT2D eigenvalue weighted by molar-refractivity contribution is 0.397. The highest BCUT2D eigenvalue weighted by atomic mass is 16.5. The van der Waals surface area contributed by atoms with Crippen molar-refractivity contribution in [1.29, 1.82) is 0 Å². The van der Waals surface area contributed by atoms with Crippen molar-refractivity contribution >= 4 is 16.6 Å². The van der Waals surface area contributed by atoms with Gasteiger partial charge in [0.25, 0.3) is 0 Å². The van der Waals surface area contributed by atoms with Gasteiger partial charge >= 0.3 is 0 Å². The standard InChI is InChI=1S/C14H13N5O/c1-15-13-10-6-4-3-5-9(10)11(18-19-13)12-14(20-2)17-8-7-16-12/h3-8H,1-2H3,(H,15,19). The number of benzene rings is 1. The second-order valence-electron chi connectivity index (χ2n) is 4.11. The first kappa shape index (κ1) is 12.3. The summed E-state index contributed by atoms with van der Waals surface area (Å²) >= 11 is 0. The number of fused-ring (bicyclic) bond motifs is 1. The van der Waals surface area contributed by atoms with Crippen LogP contribution in [0.4, 0.5) is 5.82 Å². The summed E-state index contributed by atoms with van der Waals surface area (Å²) in [6.07, 6.45) is 3.19. The van der Waals surface area contributed by atoms with Crippen molar-refractivity contribution in [2.45, 2.75) is 0 Å². The minimum absolute atomic E-state index is 0.434. The number of anilines is 1. The van der Waals surface area contributed by atoms with Crippen LogP contribution in [-0.2, 0) is 0 Å². The Labute approximate surface area is 115 Å². The quantitative estimate of drug-likeness (QED) is 0.783. The van der Waals surface area contributed by atoms with E-state index >= 15 is 0 Å². The minimum atomic E-state index is 0.434. The molecule has 100 valence electrons. The predicted molar refractivity (Wildman–Crippen MR) is 76.7 cm³/mol. The number of rotatable bonds is 3. The lowest BCUT2D eigenvalue weighted by atomic mass is 10.1. The van der Waals surface area contributed by atoms with Crippen LogP contribution in [0.5, 0.6) is 5.88 Å². The minimum Gasteiger partial charge on any atom is -0.479 e. The molecule has 0 aliphatic heterocycles. The van der Waals surface area contributed by atoms with Gasteiger partial charge in [-0.1, -0.05) is 24.3 Å². The molecular weight excluding hydrogens is 254 g/mol. The maximum absolute atomic E-state index is 5.25. The molecule has 0 aliphatic rings. The summed E-state index contributed by atoms with van der Waals surface area (Å²) < 4.78 is 5.25. The Morgan fingerprint density at radius 3 is 2.45 bits per heavy atom. The van der Waals surface area contributed by atoms with Crippen LogP contribution in [0.25, 0.3) is 22.2 Å². The second-order valence-corrected chi connectivity index (χ2v) is 4.11. The molecule has 2 aromatic heterocycles. The zero-order valence-corrected chi connectivity index (χ0v) is 11.2. The van der Waals surface area contributed by atoms with Gasteiger partial charge in [0, 0.05) is 30.2 Å². The average molecular weight is 267 g/mol. The van der Waals surface area contributed by atoms with Gasteiger partial charge in [-0.25, -0.2) is 9.97 Å². The third kappa shape index (κ3) is 1.91. The highest BCUT2D eigenvalue weighted by Gasteiger charge is 2.15. The Morgan fingerprint density at radius 2 is 1.70 bits per heavy atom. The molecule has 1 N–H and O–H groups in total. The molecular formula is C14H13N5O. The Hall–Kier alpha value is -2.76. The van der Waals surface area contributed by atoms with Gasteiger partial charge in [0.15, 0.2) is 11.5 Å². The predicted octanol–water partition coefficient (Wildman–Crippen LogP) is 2.14. The van der Waals surface area contributed by atoms with E-state index in [1.807, 2.05) is 31.3 Å². The Kier molecular flexibility index (Phi) is 3.12. The largest absolute Gasteiger partial charge is 0.479 e. The van der Waals surface area contributed by atoms with Crippen LogP contribution in [0.1, 0.15) is 0 Å². The molecule has 0 atom stereocenters. The van der Waals surface area contributed by atoms with E-state index in [4.69, 9.17) is 4.74 Å². The van der Waals surface area contributed by atoms with Crippen LogP contribution in [0, 0.1) is 0 Å². The summed E-state index contributed by atoms with van der Waals surface area (Å²) in [5.41, 5.74) is 1.24. The van der Waals surface area contributed by atoms with Crippen LogP contribution in [0.15, 0.2) is 36.7 Å². The second kappa shape index (κ2) is 5.08. The third-order valence-corrected chi connectivity index (χ3v) is 3.01. The number of nitrogens with zero attached hydrogens (tertiary/aromatic N) is 4. The van der Waals surface area contributed by atoms with Crippen molar-refractivity contribution in [3.05, 3.63) is 36.7 Å². The topological polar surface area (TPSA) is 72.8 Å². The number of hydrogen-bond donors (Lipinski definition) is 1. The number of nitrogens with one attached hydrogen (secondary N) is 1. The van der Waals surface area contributed by atoms with Gasteiger partial charge in [-0.05, 0) is 0 Å². The maximum Gasteiger partial charge on any atom is 0.242 e. The van der Waals surface area contributed by atoms with Crippen molar-refractivity contribution in [2.24, 2.45) is 0 Å². The molecule has 3 aromatic rings. The van der Waals surface area contributed by atoms with Crippen LogP contribution < -0.4 is 10.1 Å². The van der Waals surface area contributed by atoms with Gasteiger partial charge in [0.05, 0.1) is 7.11 Å². The lowest BCUT2D eigenvalue weighted by Gasteiger charge is -2.09. The zero-order chi connectivity index (χ0) is 13.9. The normalized spacial score (nSPS) is 10.5. The first-order valence-corrected chi connectivity index (χ1v) is 6.13.